The maximum Gasteiger partial charge on any atom is 0.217 e. The van der Waals surface area contributed by atoms with Crippen LogP contribution in [0.4, 0.5) is 11.4 Å². The molecule has 4 N–H and O–H groups in total. The van der Waals surface area contributed by atoms with Gasteiger partial charge in [0.2, 0.25) is 5.91 Å². The Kier molecular flexibility index (Phi) is 5.31. The SMILES string of the molecule is CCCOc1cc(N)cc(N2CCC(CC(N)=O)CC2)c1. The first-order valence-corrected chi connectivity index (χ1v) is 7.65. The van der Waals surface area contributed by atoms with Gasteiger partial charge in [-0.3, -0.25) is 4.79 Å². The average Bonchev–Trinajstić information content (AvgIpc) is 2.44. The number of hydrogen-bond acceptors (Lipinski definition) is 4. The Morgan fingerprint density at radius 2 is 2.05 bits per heavy atom. The van der Waals surface area contributed by atoms with Crippen LogP contribution < -0.4 is 21.1 Å². The van der Waals surface area contributed by atoms with Crippen molar-refractivity contribution < 1.29 is 9.53 Å². The monoisotopic (exact) mass is 291 g/mol. The molecular weight excluding hydrogens is 266 g/mol. The molecule has 0 bridgehead atoms. The third kappa shape index (κ3) is 4.55. The van der Waals surface area contributed by atoms with Crippen LogP contribution in [0.2, 0.25) is 0 Å². The van der Waals surface area contributed by atoms with Crippen LogP contribution in [0, 0.1) is 5.92 Å². The number of nitrogens with two attached hydrogens (primary N) is 2. The maximum absolute atomic E-state index is 11.0. The van der Waals surface area contributed by atoms with Gasteiger partial charge in [0.05, 0.1) is 6.61 Å². The lowest BCUT2D eigenvalue weighted by Crippen LogP contribution is -2.35. The molecular formula is C16H25N3O2. The lowest BCUT2D eigenvalue weighted by Gasteiger charge is -2.33. The third-order valence-electron chi connectivity index (χ3n) is 3.86. The Labute approximate surface area is 126 Å². The van der Waals surface area contributed by atoms with E-state index in [0.29, 0.717) is 18.9 Å². The minimum atomic E-state index is -0.201. The summed E-state index contributed by atoms with van der Waals surface area (Å²) < 4.78 is 5.67. The highest BCUT2D eigenvalue weighted by Gasteiger charge is 2.21. The summed E-state index contributed by atoms with van der Waals surface area (Å²) in [5.41, 5.74) is 13.0. The zero-order valence-corrected chi connectivity index (χ0v) is 12.7. The lowest BCUT2D eigenvalue weighted by molar-refractivity contribution is -0.119. The van der Waals surface area contributed by atoms with Gasteiger partial charge in [-0.1, -0.05) is 6.92 Å². The van der Waals surface area contributed by atoms with Crippen LogP contribution in [-0.4, -0.2) is 25.6 Å². The van der Waals surface area contributed by atoms with E-state index >= 15 is 0 Å². The molecule has 5 heteroatoms. The van der Waals surface area contributed by atoms with E-state index in [1.165, 1.54) is 0 Å². The Hall–Kier alpha value is -1.91. The highest BCUT2D eigenvalue weighted by molar-refractivity contribution is 5.74. The van der Waals surface area contributed by atoms with Gasteiger partial charge >= 0.3 is 0 Å². The number of ether oxygens (including phenoxy) is 1. The lowest BCUT2D eigenvalue weighted by atomic mass is 9.93. The third-order valence-corrected chi connectivity index (χ3v) is 3.86. The Balaban J connectivity index is 1.99. The molecule has 0 spiro atoms. The van der Waals surface area contributed by atoms with Crippen molar-refractivity contribution in [1.29, 1.82) is 0 Å². The van der Waals surface area contributed by atoms with E-state index in [9.17, 15) is 4.79 Å². The van der Waals surface area contributed by atoms with Crippen molar-refractivity contribution >= 4 is 17.3 Å². The van der Waals surface area contributed by atoms with Gasteiger partial charge in [-0.15, -0.1) is 0 Å². The summed E-state index contributed by atoms with van der Waals surface area (Å²) in [4.78, 5) is 13.3. The van der Waals surface area contributed by atoms with Gasteiger partial charge in [-0.2, -0.15) is 0 Å². The summed E-state index contributed by atoms with van der Waals surface area (Å²) in [6.07, 6.45) is 3.45. The topological polar surface area (TPSA) is 81.6 Å². The fourth-order valence-electron chi connectivity index (χ4n) is 2.77. The molecule has 0 radical (unpaired) electrons. The van der Waals surface area contributed by atoms with Crippen LogP contribution in [0.1, 0.15) is 32.6 Å². The summed E-state index contributed by atoms with van der Waals surface area (Å²) in [5.74, 6) is 1.04. The molecule has 5 nitrogen and oxygen atoms in total. The molecule has 0 aromatic heterocycles. The highest BCUT2D eigenvalue weighted by Crippen LogP contribution is 2.30. The first-order valence-electron chi connectivity index (χ1n) is 7.65. The Morgan fingerprint density at radius 3 is 2.67 bits per heavy atom. The van der Waals surface area contributed by atoms with Crippen molar-refractivity contribution in [2.75, 3.05) is 30.3 Å². The van der Waals surface area contributed by atoms with Gasteiger partial charge in [0, 0.05) is 43.0 Å². The number of rotatable bonds is 6. The van der Waals surface area contributed by atoms with Gasteiger partial charge in [0.15, 0.2) is 0 Å². The molecule has 0 atom stereocenters. The minimum absolute atomic E-state index is 0.201. The quantitative estimate of drug-likeness (QED) is 0.787. The number of hydrogen-bond donors (Lipinski definition) is 2. The fourth-order valence-corrected chi connectivity index (χ4v) is 2.77. The minimum Gasteiger partial charge on any atom is -0.493 e. The van der Waals surface area contributed by atoms with Crippen molar-refractivity contribution in [3.8, 4) is 5.75 Å². The molecule has 0 aliphatic carbocycles. The van der Waals surface area contributed by atoms with Crippen LogP contribution >= 0.6 is 0 Å². The number of nitrogens with zero attached hydrogens (tertiary/aromatic N) is 1. The predicted molar refractivity (Wildman–Crippen MR) is 85.4 cm³/mol. The van der Waals surface area contributed by atoms with Gasteiger partial charge in [0.1, 0.15) is 5.75 Å². The Morgan fingerprint density at radius 1 is 1.33 bits per heavy atom. The fraction of sp³-hybridized carbons (Fsp3) is 0.562. The normalized spacial score (nSPS) is 16.0. The van der Waals surface area contributed by atoms with Crippen molar-refractivity contribution in [2.24, 2.45) is 11.7 Å². The maximum atomic E-state index is 11.0. The van der Waals surface area contributed by atoms with Gasteiger partial charge in [0.25, 0.3) is 0 Å². The largest absolute Gasteiger partial charge is 0.493 e. The molecule has 1 fully saturated rings. The number of carbonyl (C=O) groups is 1. The molecule has 0 saturated carbocycles. The van der Waals surface area contributed by atoms with E-state index in [1.54, 1.807) is 0 Å². The Bertz CT molecular complexity index is 482. The second-order valence-corrected chi connectivity index (χ2v) is 5.71. The molecule has 1 saturated heterocycles. The summed E-state index contributed by atoms with van der Waals surface area (Å²) in [6.45, 7) is 4.63. The summed E-state index contributed by atoms with van der Waals surface area (Å²) in [7, 11) is 0. The van der Waals surface area contributed by atoms with E-state index in [0.717, 1.165) is 49.5 Å². The van der Waals surface area contributed by atoms with E-state index in [1.807, 2.05) is 18.2 Å². The number of carbonyl (C=O) groups excluding carboxylic acids is 1. The van der Waals surface area contributed by atoms with Gasteiger partial charge < -0.3 is 21.1 Å². The van der Waals surface area contributed by atoms with Gasteiger partial charge in [-0.25, -0.2) is 0 Å². The van der Waals surface area contributed by atoms with Crippen molar-refractivity contribution in [1.82, 2.24) is 0 Å². The molecule has 1 heterocycles. The standard InChI is InChI=1S/C16H25N3O2/c1-2-7-21-15-10-13(17)9-14(11-15)19-5-3-12(4-6-19)8-16(18)20/h9-12H,2-8,17H2,1H3,(H2,18,20). The van der Waals surface area contributed by atoms with Gasteiger partial charge in [-0.05, 0) is 31.2 Å². The second kappa shape index (κ2) is 7.20. The first kappa shape index (κ1) is 15.5. The van der Waals surface area contributed by atoms with Crippen molar-refractivity contribution in [2.45, 2.75) is 32.6 Å². The molecule has 116 valence electrons. The molecule has 1 amide bonds. The van der Waals surface area contributed by atoms with E-state index in [2.05, 4.69) is 11.8 Å². The number of amides is 1. The molecule has 21 heavy (non-hydrogen) atoms. The number of anilines is 2. The molecule has 1 aliphatic heterocycles. The molecule has 1 aliphatic rings. The molecule has 0 unspecified atom stereocenters. The summed E-state index contributed by atoms with van der Waals surface area (Å²) in [5, 5.41) is 0. The number of nitrogen functional groups attached to an aromatic ring is 1. The van der Waals surface area contributed by atoms with Crippen molar-refractivity contribution in [3.63, 3.8) is 0 Å². The zero-order valence-electron chi connectivity index (χ0n) is 12.7. The number of primary amides is 1. The van der Waals surface area contributed by atoms with Crippen LogP contribution in [0.5, 0.6) is 5.75 Å². The van der Waals surface area contributed by atoms with Crippen LogP contribution in [0.25, 0.3) is 0 Å². The van der Waals surface area contributed by atoms with Crippen LogP contribution in [0.3, 0.4) is 0 Å². The highest BCUT2D eigenvalue weighted by atomic mass is 16.5. The molecule has 2 rings (SSSR count). The second-order valence-electron chi connectivity index (χ2n) is 5.71. The number of piperidine rings is 1. The average molecular weight is 291 g/mol. The van der Waals surface area contributed by atoms with Crippen LogP contribution in [0.15, 0.2) is 18.2 Å². The first-order chi connectivity index (χ1) is 10.1. The molecule has 1 aromatic carbocycles. The van der Waals surface area contributed by atoms with Crippen molar-refractivity contribution in [3.05, 3.63) is 18.2 Å². The predicted octanol–water partition coefficient (Wildman–Crippen LogP) is 2.15. The zero-order chi connectivity index (χ0) is 15.2. The van der Waals surface area contributed by atoms with E-state index < -0.39 is 0 Å². The number of benzene rings is 1. The van der Waals surface area contributed by atoms with Crippen LogP contribution in [-0.2, 0) is 4.79 Å². The van der Waals surface area contributed by atoms with E-state index in [4.69, 9.17) is 16.2 Å². The smallest absolute Gasteiger partial charge is 0.217 e. The van der Waals surface area contributed by atoms with E-state index in [-0.39, 0.29) is 5.91 Å². The summed E-state index contributed by atoms with van der Waals surface area (Å²) >= 11 is 0. The molecule has 1 aromatic rings. The summed E-state index contributed by atoms with van der Waals surface area (Å²) in [6, 6.07) is 5.88.